The van der Waals surface area contributed by atoms with Gasteiger partial charge in [0.25, 0.3) is 0 Å². The third-order valence-electron chi connectivity index (χ3n) is 4.45. The van der Waals surface area contributed by atoms with E-state index in [0.717, 1.165) is 41.5 Å². The molecule has 4 nitrogen and oxygen atoms in total. The lowest BCUT2D eigenvalue weighted by atomic mass is 10.0. The first-order valence-electron chi connectivity index (χ1n) is 7.45. The molecule has 3 rings (SSSR count). The largest absolute Gasteiger partial charge is 0.331 e. The lowest BCUT2D eigenvalue weighted by molar-refractivity contribution is -0.138. The van der Waals surface area contributed by atoms with Crippen molar-refractivity contribution in [3.63, 3.8) is 0 Å². The molecule has 1 atom stereocenters. The van der Waals surface area contributed by atoms with Crippen LogP contribution in [0.2, 0.25) is 0 Å². The van der Waals surface area contributed by atoms with Gasteiger partial charge in [-0.2, -0.15) is 0 Å². The Labute approximate surface area is 133 Å². The molecule has 2 aliphatic rings. The number of rotatable bonds is 1. The quantitative estimate of drug-likeness (QED) is 0.781. The molecule has 2 aliphatic heterocycles. The molecule has 0 saturated carbocycles. The van der Waals surface area contributed by atoms with Gasteiger partial charge in [0.15, 0.2) is 0 Å². The van der Waals surface area contributed by atoms with E-state index in [-0.39, 0.29) is 17.9 Å². The Balaban J connectivity index is 1.97. The molecule has 0 radical (unpaired) electrons. The summed E-state index contributed by atoms with van der Waals surface area (Å²) < 4.78 is 0.990. The fraction of sp³-hybridized carbons (Fsp3) is 0.500. The highest BCUT2D eigenvalue weighted by molar-refractivity contribution is 9.10. The van der Waals surface area contributed by atoms with Gasteiger partial charge in [0.2, 0.25) is 11.8 Å². The third kappa shape index (κ3) is 2.59. The van der Waals surface area contributed by atoms with E-state index in [1.54, 1.807) is 9.80 Å². The van der Waals surface area contributed by atoms with E-state index in [1.807, 2.05) is 25.1 Å². The second-order valence-corrected chi connectivity index (χ2v) is 6.58. The molecule has 5 heteroatoms. The first kappa shape index (κ1) is 14.6. The maximum absolute atomic E-state index is 12.9. The van der Waals surface area contributed by atoms with E-state index in [9.17, 15) is 9.59 Å². The molecule has 2 saturated heterocycles. The smallest absolute Gasteiger partial charge is 0.249 e. The Bertz CT molecular complexity index is 588. The van der Waals surface area contributed by atoms with Crippen molar-refractivity contribution >= 4 is 33.4 Å². The summed E-state index contributed by atoms with van der Waals surface area (Å²) in [4.78, 5) is 28.8. The Morgan fingerprint density at radius 1 is 1.19 bits per heavy atom. The minimum absolute atomic E-state index is 0.0711. The summed E-state index contributed by atoms with van der Waals surface area (Å²) in [6.07, 6.45) is 3.22. The molecule has 2 amide bonds. The van der Waals surface area contributed by atoms with Gasteiger partial charge in [-0.3, -0.25) is 9.59 Å². The number of hydrogen-bond donors (Lipinski definition) is 0. The van der Waals surface area contributed by atoms with Gasteiger partial charge in [-0.1, -0.05) is 22.0 Å². The molecular weight excluding hydrogens is 332 g/mol. The molecule has 1 aromatic rings. The predicted octanol–water partition coefficient (Wildman–Crippen LogP) is 2.88. The summed E-state index contributed by atoms with van der Waals surface area (Å²) in [5.74, 6) is 0.185. The highest BCUT2D eigenvalue weighted by Crippen LogP contribution is 2.31. The number of piperidine rings is 1. The van der Waals surface area contributed by atoms with Crippen molar-refractivity contribution in [1.29, 1.82) is 0 Å². The lowest BCUT2D eigenvalue weighted by Gasteiger charge is -2.34. The van der Waals surface area contributed by atoms with Crippen LogP contribution in [0, 0.1) is 6.92 Å². The van der Waals surface area contributed by atoms with E-state index in [0.29, 0.717) is 13.0 Å². The molecular formula is C16H19BrN2O2. The molecule has 1 unspecified atom stereocenters. The second-order valence-electron chi connectivity index (χ2n) is 5.72. The van der Waals surface area contributed by atoms with Gasteiger partial charge < -0.3 is 9.80 Å². The average molecular weight is 351 g/mol. The van der Waals surface area contributed by atoms with Crippen LogP contribution >= 0.6 is 15.9 Å². The van der Waals surface area contributed by atoms with Crippen LogP contribution in [-0.2, 0) is 9.59 Å². The first-order valence-corrected chi connectivity index (χ1v) is 8.25. The summed E-state index contributed by atoms with van der Waals surface area (Å²) in [6, 6.07) is 5.60. The molecule has 2 fully saturated rings. The summed E-state index contributed by atoms with van der Waals surface area (Å²) in [7, 11) is 0. The van der Waals surface area contributed by atoms with Gasteiger partial charge in [-0.05, 0) is 43.9 Å². The van der Waals surface area contributed by atoms with Crippen LogP contribution in [0.5, 0.6) is 0 Å². The van der Waals surface area contributed by atoms with Crippen LogP contribution in [0.25, 0.3) is 0 Å². The number of carbonyl (C=O) groups is 2. The van der Waals surface area contributed by atoms with Crippen LogP contribution in [-0.4, -0.2) is 35.8 Å². The Morgan fingerprint density at radius 3 is 2.81 bits per heavy atom. The van der Waals surface area contributed by atoms with Crippen molar-refractivity contribution < 1.29 is 9.59 Å². The summed E-state index contributed by atoms with van der Waals surface area (Å²) in [5, 5.41) is 0. The number of hydrogen-bond acceptors (Lipinski definition) is 2. The number of nitrogens with zero attached hydrogens (tertiary/aromatic N) is 2. The number of anilines is 1. The monoisotopic (exact) mass is 350 g/mol. The lowest BCUT2D eigenvalue weighted by Crippen LogP contribution is -2.50. The normalized spacial score (nSPS) is 23.0. The van der Waals surface area contributed by atoms with Gasteiger partial charge in [-0.15, -0.1) is 0 Å². The predicted molar refractivity (Wildman–Crippen MR) is 85.2 cm³/mol. The Kier molecular flexibility index (Phi) is 4.02. The standard InChI is InChI=1S/C16H19BrN2O2/c1-11-12(17)5-4-7-13(11)19-10-8-15(20)18-9-3-2-6-14(18)16(19)21/h4-5,7,14H,2-3,6,8-10H2,1H3. The van der Waals surface area contributed by atoms with Gasteiger partial charge in [-0.25, -0.2) is 0 Å². The first-order chi connectivity index (χ1) is 10.1. The minimum atomic E-state index is -0.271. The second kappa shape index (κ2) is 5.79. The van der Waals surface area contributed by atoms with Gasteiger partial charge in [0.05, 0.1) is 0 Å². The molecule has 0 aliphatic carbocycles. The third-order valence-corrected chi connectivity index (χ3v) is 5.31. The van der Waals surface area contributed by atoms with Crippen LogP contribution < -0.4 is 4.90 Å². The van der Waals surface area contributed by atoms with Crippen molar-refractivity contribution in [1.82, 2.24) is 4.90 Å². The number of amides is 2. The average Bonchev–Trinajstić information content (AvgIpc) is 2.62. The maximum Gasteiger partial charge on any atom is 0.249 e. The molecule has 112 valence electrons. The van der Waals surface area contributed by atoms with Crippen molar-refractivity contribution in [3.8, 4) is 0 Å². The topological polar surface area (TPSA) is 40.6 Å². The highest BCUT2D eigenvalue weighted by Gasteiger charge is 2.38. The van der Waals surface area contributed by atoms with E-state index in [4.69, 9.17) is 0 Å². The molecule has 21 heavy (non-hydrogen) atoms. The number of halogens is 1. The molecule has 0 aromatic heterocycles. The molecule has 0 N–H and O–H groups in total. The van der Waals surface area contributed by atoms with E-state index in [2.05, 4.69) is 15.9 Å². The summed E-state index contributed by atoms with van der Waals surface area (Å²) >= 11 is 3.52. The van der Waals surface area contributed by atoms with Crippen LogP contribution in [0.15, 0.2) is 22.7 Å². The molecule has 0 bridgehead atoms. The molecule has 0 spiro atoms. The zero-order valence-corrected chi connectivity index (χ0v) is 13.7. The summed E-state index contributed by atoms with van der Waals surface area (Å²) in [5.41, 5.74) is 1.96. The van der Waals surface area contributed by atoms with Crippen LogP contribution in [0.1, 0.15) is 31.2 Å². The molecule has 1 aromatic carbocycles. The van der Waals surface area contributed by atoms with Gasteiger partial charge in [0, 0.05) is 29.7 Å². The Morgan fingerprint density at radius 2 is 2.00 bits per heavy atom. The van der Waals surface area contributed by atoms with Crippen molar-refractivity contribution in [2.24, 2.45) is 0 Å². The van der Waals surface area contributed by atoms with Crippen LogP contribution in [0.4, 0.5) is 5.69 Å². The van der Waals surface area contributed by atoms with E-state index in [1.165, 1.54) is 0 Å². The van der Waals surface area contributed by atoms with Crippen LogP contribution in [0.3, 0.4) is 0 Å². The fourth-order valence-corrected chi connectivity index (χ4v) is 3.61. The zero-order chi connectivity index (χ0) is 15.0. The number of fused-ring (bicyclic) bond motifs is 1. The van der Waals surface area contributed by atoms with E-state index >= 15 is 0 Å². The highest BCUT2D eigenvalue weighted by atomic mass is 79.9. The Hall–Kier alpha value is -1.36. The van der Waals surface area contributed by atoms with Crippen molar-refractivity contribution in [3.05, 3.63) is 28.2 Å². The fourth-order valence-electron chi connectivity index (χ4n) is 3.26. The van der Waals surface area contributed by atoms with Gasteiger partial charge >= 0.3 is 0 Å². The zero-order valence-electron chi connectivity index (χ0n) is 12.1. The maximum atomic E-state index is 12.9. The van der Waals surface area contributed by atoms with E-state index < -0.39 is 0 Å². The minimum Gasteiger partial charge on any atom is -0.331 e. The van der Waals surface area contributed by atoms with Crippen molar-refractivity contribution in [2.45, 2.75) is 38.6 Å². The number of benzene rings is 1. The molecule has 2 heterocycles. The van der Waals surface area contributed by atoms with Gasteiger partial charge in [0.1, 0.15) is 6.04 Å². The number of carbonyl (C=O) groups excluding carboxylic acids is 2. The van der Waals surface area contributed by atoms with Crippen molar-refractivity contribution in [2.75, 3.05) is 18.0 Å². The summed E-state index contributed by atoms with van der Waals surface area (Å²) in [6.45, 7) is 3.19. The SMILES string of the molecule is Cc1c(Br)cccc1N1CCC(=O)N2CCCCC2C1=O.